The molecule has 1 atom stereocenters. The van der Waals surface area contributed by atoms with Gasteiger partial charge in [0.15, 0.2) is 0 Å². The van der Waals surface area contributed by atoms with E-state index in [0.717, 1.165) is 24.1 Å². The Kier molecular flexibility index (Phi) is 4.92. The second-order valence-electron chi connectivity index (χ2n) is 5.89. The summed E-state index contributed by atoms with van der Waals surface area (Å²) in [6.45, 7) is 3.91. The van der Waals surface area contributed by atoms with Crippen LogP contribution in [-0.4, -0.2) is 25.9 Å². The summed E-state index contributed by atoms with van der Waals surface area (Å²) in [5, 5.41) is 14.0. The highest BCUT2D eigenvalue weighted by atomic mass is 19.1. The molecule has 130 valence electrons. The summed E-state index contributed by atoms with van der Waals surface area (Å²) < 4.78 is 15.3. The van der Waals surface area contributed by atoms with E-state index < -0.39 is 0 Å². The lowest BCUT2D eigenvalue weighted by atomic mass is 10.2. The van der Waals surface area contributed by atoms with Crippen molar-refractivity contribution in [2.75, 3.05) is 0 Å². The molecule has 0 fully saturated rings. The average molecular weight is 341 g/mol. The van der Waals surface area contributed by atoms with Gasteiger partial charge >= 0.3 is 0 Å². The number of carbonyl (C=O) groups is 1. The van der Waals surface area contributed by atoms with E-state index in [0.29, 0.717) is 11.4 Å². The summed E-state index contributed by atoms with van der Waals surface area (Å²) >= 11 is 0. The van der Waals surface area contributed by atoms with Crippen LogP contribution in [0.15, 0.2) is 42.7 Å². The quantitative estimate of drug-likeness (QED) is 0.723. The lowest BCUT2D eigenvalue weighted by Crippen LogP contribution is -2.26. The standard InChI is InChI=1S/C18H20FN5O/c1-3-6-14-9-16(23-22-14)18(25)21-12(2)13-10-20-24(11-13)17-8-5-4-7-15(17)19/h4-5,7-12H,3,6H2,1-2H3,(H,21,25)(H,22,23). The van der Waals surface area contributed by atoms with Crippen LogP contribution in [0.3, 0.4) is 0 Å². The van der Waals surface area contributed by atoms with Gasteiger partial charge in [0.2, 0.25) is 0 Å². The van der Waals surface area contributed by atoms with Crippen LogP contribution in [-0.2, 0) is 6.42 Å². The number of para-hydroxylation sites is 1. The molecule has 1 aromatic carbocycles. The third kappa shape index (κ3) is 3.76. The molecule has 0 aliphatic carbocycles. The second-order valence-corrected chi connectivity index (χ2v) is 5.89. The Morgan fingerprint density at radius 1 is 1.40 bits per heavy atom. The summed E-state index contributed by atoms with van der Waals surface area (Å²) in [5.74, 6) is -0.612. The van der Waals surface area contributed by atoms with E-state index >= 15 is 0 Å². The molecular formula is C18H20FN5O. The first-order chi connectivity index (χ1) is 12.1. The van der Waals surface area contributed by atoms with Gasteiger partial charge in [0.25, 0.3) is 5.91 Å². The molecule has 0 saturated carbocycles. The van der Waals surface area contributed by atoms with E-state index in [-0.39, 0.29) is 17.8 Å². The van der Waals surface area contributed by atoms with Gasteiger partial charge in [0.1, 0.15) is 17.2 Å². The fourth-order valence-electron chi connectivity index (χ4n) is 2.56. The first-order valence-electron chi connectivity index (χ1n) is 8.23. The number of amides is 1. The number of aromatic amines is 1. The Morgan fingerprint density at radius 2 is 2.20 bits per heavy atom. The number of hydrogen-bond acceptors (Lipinski definition) is 3. The molecule has 6 nitrogen and oxygen atoms in total. The van der Waals surface area contributed by atoms with Gasteiger partial charge < -0.3 is 5.32 Å². The number of H-pyrrole nitrogens is 1. The lowest BCUT2D eigenvalue weighted by molar-refractivity contribution is 0.0935. The van der Waals surface area contributed by atoms with E-state index in [1.165, 1.54) is 10.7 Å². The normalized spacial score (nSPS) is 12.1. The molecular weight excluding hydrogens is 321 g/mol. The molecule has 0 spiro atoms. The molecule has 7 heteroatoms. The van der Waals surface area contributed by atoms with Crippen molar-refractivity contribution in [3.8, 4) is 5.69 Å². The molecule has 0 bridgehead atoms. The summed E-state index contributed by atoms with van der Waals surface area (Å²) in [5.41, 5.74) is 2.44. The number of hydrogen-bond donors (Lipinski definition) is 2. The molecule has 3 rings (SSSR count). The fraction of sp³-hybridized carbons (Fsp3) is 0.278. The van der Waals surface area contributed by atoms with Gasteiger partial charge in [0, 0.05) is 17.5 Å². The molecule has 1 unspecified atom stereocenters. The average Bonchev–Trinajstić information content (AvgIpc) is 3.25. The number of halogens is 1. The third-order valence-corrected chi connectivity index (χ3v) is 3.93. The van der Waals surface area contributed by atoms with Gasteiger partial charge in [-0.3, -0.25) is 9.89 Å². The van der Waals surface area contributed by atoms with Crippen molar-refractivity contribution >= 4 is 5.91 Å². The van der Waals surface area contributed by atoms with Gasteiger partial charge in [-0.2, -0.15) is 10.2 Å². The van der Waals surface area contributed by atoms with Crippen LogP contribution < -0.4 is 5.32 Å². The Labute approximate surface area is 145 Å². The summed E-state index contributed by atoms with van der Waals surface area (Å²) in [6, 6.07) is 7.88. The van der Waals surface area contributed by atoms with E-state index in [1.807, 2.05) is 6.92 Å². The smallest absolute Gasteiger partial charge is 0.272 e. The van der Waals surface area contributed by atoms with Crippen molar-refractivity contribution in [3.63, 3.8) is 0 Å². The van der Waals surface area contributed by atoms with Gasteiger partial charge in [-0.15, -0.1) is 0 Å². The van der Waals surface area contributed by atoms with Crippen molar-refractivity contribution in [2.24, 2.45) is 0 Å². The lowest BCUT2D eigenvalue weighted by Gasteiger charge is -2.10. The molecule has 1 amide bonds. The molecule has 2 aromatic heterocycles. The Balaban J connectivity index is 1.70. The number of aromatic nitrogens is 4. The maximum atomic E-state index is 13.8. The first-order valence-corrected chi connectivity index (χ1v) is 8.23. The minimum Gasteiger partial charge on any atom is -0.344 e. The van der Waals surface area contributed by atoms with Crippen LogP contribution in [0, 0.1) is 5.82 Å². The maximum Gasteiger partial charge on any atom is 0.272 e. The Morgan fingerprint density at radius 3 is 2.96 bits per heavy atom. The number of benzene rings is 1. The third-order valence-electron chi connectivity index (χ3n) is 3.93. The maximum absolute atomic E-state index is 13.8. The number of nitrogens with zero attached hydrogens (tertiary/aromatic N) is 3. The van der Waals surface area contributed by atoms with Crippen molar-refractivity contribution in [2.45, 2.75) is 32.7 Å². The van der Waals surface area contributed by atoms with Crippen LogP contribution in [0.2, 0.25) is 0 Å². The summed E-state index contributed by atoms with van der Waals surface area (Å²) in [4.78, 5) is 12.3. The molecule has 3 aromatic rings. The van der Waals surface area contributed by atoms with Crippen molar-refractivity contribution in [3.05, 3.63) is 65.5 Å². The monoisotopic (exact) mass is 341 g/mol. The Bertz CT molecular complexity index is 870. The highest BCUT2D eigenvalue weighted by Gasteiger charge is 2.16. The molecule has 0 aliphatic rings. The van der Waals surface area contributed by atoms with Gasteiger partial charge in [0.05, 0.1) is 12.2 Å². The van der Waals surface area contributed by atoms with Gasteiger partial charge in [-0.25, -0.2) is 9.07 Å². The van der Waals surface area contributed by atoms with E-state index in [1.54, 1.807) is 36.7 Å². The van der Waals surface area contributed by atoms with Gasteiger partial charge in [-0.1, -0.05) is 25.5 Å². The summed E-state index contributed by atoms with van der Waals surface area (Å²) in [6.07, 6.45) is 5.15. The zero-order chi connectivity index (χ0) is 17.8. The van der Waals surface area contributed by atoms with Crippen LogP contribution in [0.25, 0.3) is 5.69 Å². The first kappa shape index (κ1) is 16.9. The highest BCUT2D eigenvalue weighted by molar-refractivity contribution is 5.92. The molecule has 0 aliphatic heterocycles. The molecule has 0 saturated heterocycles. The number of rotatable bonds is 6. The molecule has 2 heterocycles. The van der Waals surface area contributed by atoms with Crippen LogP contribution >= 0.6 is 0 Å². The number of nitrogens with one attached hydrogen (secondary N) is 2. The zero-order valence-corrected chi connectivity index (χ0v) is 14.2. The fourth-order valence-corrected chi connectivity index (χ4v) is 2.56. The van der Waals surface area contributed by atoms with Crippen LogP contribution in [0.4, 0.5) is 4.39 Å². The minimum atomic E-state index is -0.353. The SMILES string of the molecule is CCCc1cc(C(=O)NC(C)c2cnn(-c3ccccc3F)c2)n[nH]1. The predicted molar refractivity (Wildman–Crippen MR) is 92.0 cm³/mol. The van der Waals surface area contributed by atoms with E-state index in [9.17, 15) is 9.18 Å². The van der Waals surface area contributed by atoms with E-state index in [2.05, 4.69) is 27.5 Å². The van der Waals surface area contributed by atoms with Crippen molar-refractivity contribution in [1.29, 1.82) is 0 Å². The summed E-state index contributed by atoms with van der Waals surface area (Å²) in [7, 11) is 0. The minimum absolute atomic E-state index is 0.259. The van der Waals surface area contributed by atoms with Crippen LogP contribution in [0.5, 0.6) is 0 Å². The highest BCUT2D eigenvalue weighted by Crippen LogP contribution is 2.17. The molecule has 25 heavy (non-hydrogen) atoms. The second kappa shape index (κ2) is 7.29. The molecule has 2 N–H and O–H groups in total. The van der Waals surface area contributed by atoms with Crippen LogP contribution in [0.1, 0.15) is 48.1 Å². The Hall–Kier alpha value is -2.96. The molecule has 0 radical (unpaired) electrons. The zero-order valence-electron chi connectivity index (χ0n) is 14.2. The number of carbonyl (C=O) groups excluding carboxylic acids is 1. The predicted octanol–water partition coefficient (Wildman–Crippen LogP) is 3.18. The largest absolute Gasteiger partial charge is 0.344 e. The van der Waals surface area contributed by atoms with E-state index in [4.69, 9.17) is 0 Å². The number of aryl methyl sites for hydroxylation is 1. The topological polar surface area (TPSA) is 75.6 Å². The van der Waals surface area contributed by atoms with Crippen molar-refractivity contribution in [1.82, 2.24) is 25.3 Å². The van der Waals surface area contributed by atoms with Gasteiger partial charge in [-0.05, 0) is 31.5 Å². The van der Waals surface area contributed by atoms with Crippen molar-refractivity contribution < 1.29 is 9.18 Å².